The van der Waals surface area contributed by atoms with Crippen LogP contribution in [-0.4, -0.2) is 22.0 Å². The van der Waals surface area contributed by atoms with Gasteiger partial charge in [-0.05, 0) is 17.2 Å². The van der Waals surface area contributed by atoms with Gasteiger partial charge in [0, 0.05) is 31.7 Å². The first-order valence-corrected chi connectivity index (χ1v) is 6.29. The van der Waals surface area contributed by atoms with Crippen LogP contribution in [0.2, 0.25) is 0 Å². The monoisotopic (exact) mass is 256 g/mol. The number of hydrogen-bond acceptors (Lipinski definition) is 3. The predicted molar refractivity (Wildman–Crippen MR) is 72.9 cm³/mol. The van der Waals surface area contributed by atoms with Crippen LogP contribution in [0.25, 0.3) is 0 Å². The van der Waals surface area contributed by atoms with Crippen molar-refractivity contribution in [1.29, 1.82) is 0 Å². The molecule has 1 atom stereocenters. The van der Waals surface area contributed by atoms with Gasteiger partial charge < -0.3 is 15.6 Å². The summed E-state index contributed by atoms with van der Waals surface area (Å²) in [6.07, 6.45) is 4.13. The Balaban J connectivity index is 2.00. The minimum atomic E-state index is 0.0495. The minimum Gasteiger partial charge on any atom is -0.337 e. The fourth-order valence-electron chi connectivity index (χ4n) is 2.57. The zero-order valence-corrected chi connectivity index (χ0v) is 10.8. The van der Waals surface area contributed by atoms with Crippen LogP contribution in [0.4, 0.5) is 5.69 Å². The van der Waals surface area contributed by atoms with E-state index in [1.54, 1.807) is 6.20 Å². The van der Waals surface area contributed by atoms with Crippen molar-refractivity contribution in [2.24, 2.45) is 12.8 Å². The largest absolute Gasteiger partial charge is 0.337 e. The molecule has 1 aromatic heterocycles. The smallest absolute Gasteiger partial charge is 0.228 e. The van der Waals surface area contributed by atoms with Crippen LogP contribution >= 0.6 is 0 Å². The Kier molecular flexibility index (Phi) is 2.83. The summed E-state index contributed by atoms with van der Waals surface area (Å²) in [5, 5.41) is 2.84. The predicted octanol–water partition coefficient (Wildman–Crippen LogP) is 1.01. The Bertz CT molecular complexity index is 632. The third-order valence-corrected chi connectivity index (χ3v) is 3.56. The number of hydrogen-bond donors (Lipinski definition) is 2. The summed E-state index contributed by atoms with van der Waals surface area (Å²) in [5.74, 6) is 1.05. The number of nitrogens with one attached hydrogen (secondary N) is 1. The van der Waals surface area contributed by atoms with Crippen LogP contribution < -0.4 is 11.1 Å². The van der Waals surface area contributed by atoms with E-state index in [1.807, 2.05) is 29.9 Å². The van der Waals surface area contributed by atoms with Gasteiger partial charge in [0.05, 0.1) is 12.3 Å². The van der Waals surface area contributed by atoms with Gasteiger partial charge in [-0.3, -0.25) is 4.79 Å². The normalized spacial score (nSPS) is 15.2. The van der Waals surface area contributed by atoms with Gasteiger partial charge in [0.15, 0.2) is 0 Å². The summed E-state index contributed by atoms with van der Waals surface area (Å²) in [6.45, 7) is 0.491. The quantitative estimate of drug-likeness (QED) is 0.860. The number of nitrogens with zero attached hydrogens (tertiary/aromatic N) is 2. The van der Waals surface area contributed by atoms with Crippen LogP contribution in [0.3, 0.4) is 0 Å². The summed E-state index contributed by atoms with van der Waals surface area (Å²) in [5.41, 5.74) is 8.95. The molecule has 1 aromatic carbocycles. The van der Waals surface area contributed by atoms with Crippen molar-refractivity contribution in [3.63, 3.8) is 0 Å². The maximum atomic E-state index is 11.4. The molecule has 0 spiro atoms. The lowest BCUT2D eigenvalue weighted by Crippen LogP contribution is -2.17. The summed E-state index contributed by atoms with van der Waals surface area (Å²) in [4.78, 5) is 15.8. The standard InChI is InChI=1S/C14H16N4O/c1-18-5-4-16-14(18)11(8-15)9-2-3-12-10(6-9)7-13(19)17-12/h2-6,11H,7-8,15H2,1H3,(H,17,19). The molecule has 0 bridgehead atoms. The highest BCUT2D eigenvalue weighted by Gasteiger charge is 2.22. The van der Waals surface area contributed by atoms with E-state index < -0.39 is 0 Å². The van der Waals surface area contributed by atoms with E-state index in [2.05, 4.69) is 16.4 Å². The average molecular weight is 256 g/mol. The molecule has 1 aliphatic heterocycles. The number of imidazole rings is 1. The molecule has 5 heteroatoms. The highest BCUT2D eigenvalue weighted by molar-refractivity contribution is 5.99. The SMILES string of the molecule is Cn1ccnc1C(CN)c1ccc2c(c1)CC(=O)N2. The van der Waals surface area contributed by atoms with E-state index >= 15 is 0 Å². The number of aromatic nitrogens is 2. The number of benzene rings is 1. The molecule has 3 N–H and O–H groups in total. The Morgan fingerprint density at radius 2 is 2.37 bits per heavy atom. The van der Waals surface area contributed by atoms with Gasteiger partial charge in [-0.15, -0.1) is 0 Å². The number of carbonyl (C=O) groups excluding carboxylic acids is 1. The lowest BCUT2D eigenvalue weighted by molar-refractivity contribution is -0.115. The molecular weight excluding hydrogens is 240 g/mol. The van der Waals surface area contributed by atoms with E-state index in [1.165, 1.54) is 0 Å². The van der Waals surface area contributed by atoms with Gasteiger partial charge in [0.25, 0.3) is 0 Å². The zero-order valence-electron chi connectivity index (χ0n) is 10.8. The molecule has 0 saturated carbocycles. The third kappa shape index (κ3) is 2.02. The van der Waals surface area contributed by atoms with Gasteiger partial charge in [-0.1, -0.05) is 12.1 Å². The van der Waals surface area contributed by atoms with Crippen LogP contribution in [0.15, 0.2) is 30.6 Å². The van der Waals surface area contributed by atoms with Gasteiger partial charge in [0.1, 0.15) is 5.82 Å². The minimum absolute atomic E-state index is 0.0495. The van der Waals surface area contributed by atoms with E-state index in [0.29, 0.717) is 13.0 Å². The molecule has 1 aliphatic rings. The number of fused-ring (bicyclic) bond motifs is 1. The second kappa shape index (κ2) is 4.51. The van der Waals surface area contributed by atoms with Crippen LogP contribution in [0.5, 0.6) is 0 Å². The zero-order chi connectivity index (χ0) is 13.4. The topological polar surface area (TPSA) is 72.9 Å². The van der Waals surface area contributed by atoms with Gasteiger partial charge >= 0.3 is 0 Å². The molecule has 0 radical (unpaired) electrons. The molecule has 1 amide bonds. The summed E-state index contributed by atoms with van der Waals surface area (Å²) < 4.78 is 1.98. The molecule has 0 saturated heterocycles. The third-order valence-electron chi connectivity index (χ3n) is 3.56. The molecular formula is C14H16N4O. The van der Waals surface area contributed by atoms with Crippen molar-refractivity contribution in [2.75, 3.05) is 11.9 Å². The van der Waals surface area contributed by atoms with E-state index in [4.69, 9.17) is 5.73 Å². The maximum Gasteiger partial charge on any atom is 0.228 e. The number of carbonyl (C=O) groups is 1. The summed E-state index contributed by atoms with van der Waals surface area (Å²) in [6, 6.07) is 6.01. The molecule has 3 rings (SSSR count). The molecule has 98 valence electrons. The van der Waals surface area contributed by atoms with E-state index in [9.17, 15) is 4.79 Å². The number of nitrogens with two attached hydrogens (primary N) is 1. The molecule has 1 unspecified atom stereocenters. The van der Waals surface area contributed by atoms with Crippen molar-refractivity contribution in [3.05, 3.63) is 47.5 Å². The average Bonchev–Trinajstić information content (AvgIpc) is 2.95. The van der Waals surface area contributed by atoms with Gasteiger partial charge in [-0.25, -0.2) is 4.98 Å². The number of anilines is 1. The van der Waals surface area contributed by atoms with Crippen molar-refractivity contribution in [3.8, 4) is 0 Å². The van der Waals surface area contributed by atoms with E-state index in [0.717, 1.165) is 22.6 Å². The maximum absolute atomic E-state index is 11.4. The second-order valence-electron chi connectivity index (χ2n) is 4.83. The molecule has 2 heterocycles. The fraction of sp³-hybridized carbons (Fsp3) is 0.286. The molecule has 0 fully saturated rings. The van der Waals surface area contributed by atoms with E-state index in [-0.39, 0.29) is 11.8 Å². The number of aryl methyl sites for hydroxylation is 1. The van der Waals surface area contributed by atoms with Crippen molar-refractivity contribution >= 4 is 11.6 Å². The molecule has 0 aliphatic carbocycles. The van der Waals surface area contributed by atoms with Gasteiger partial charge in [0.2, 0.25) is 5.91 Å². The number of amides is 1. The first kappa shape index (κ1) is 11.9. The lowest BCUT2D eigenvalue weighted by Gasteiger charge is -2.16. The molecule has 5 nitrogen and oxygen atoms in total. The van der Waals surface area contributed by atoms with Crippen LogP contribution in [-0.2, 0) is 18.3 Å². The van der Waals surface area contributed by atoms with Gasteiger partial charge in [-0.2, -0.15) is 0 Å². The number of rotatable bonds is 3. The van der Waals surface area contributed by atoms with Crippen molar-refractivity contribution in [1.82, 2.24) is 9.55 Å². The highest BCUT2D eigenvalue weighted by Crippen LogP contribution is 2.29. The molecule has 19 heavy (non-hydrogen) atoms. The molecule has 2 aromatic rings. The first-order valence-electron chi connectivity index (χ1n) is 6.29. The Hall–Kier alpha value is -2.14. The summed E-state index contributed by atoms with van der Waals surface area (Å²) in [7, 11) is 1.96. The van der Waals surface area contributed by atoms with Crippen LogP contribution in [0.1, 0.15) is 22.9 Å². The Labute approximate surface area is 111 Å². The first-order chi connectivity index (χ1) is 9.19. The Morgan fingerprint density at radius 3 is 3.05 bits per heavy atom. The Morgan fingerprint density at radius 1 is 1.53 bits per heavy atom. The van der Waals surface area contributed by atoms with Crippen LogP contribution in [0, 0.1) is 0 Å². The summed E-state index contributed by atoms with van der Waals surface area (Å²) >= 11 is 0. The van der Waals surface area contributed by atoms with Crippen molar-refractivity contribution < 1.29 is 4.79 Å². The highest BCUT2D eigenvalue weighted by atomic mass is 16.1. The second-order valence-corrected chi connectivity index (χ2v) is 4.83. The van der Waals surface area contributed by atoms with Crippen molar-refractivity contribution in [2.45, 2.75) is 12.3 Å². The lowest BCUT2D eigenvalue weighted by atomic mass is 9.95. The fourth-order valence-corrected chi connectivity index (χ4v) is 2.57.